The predicted octanol–water partition coefficient (Wildman–Crippen LogP) is 4.27. The molecule has 2 aromatic rings. The average Bonchev–Trinajstić information content (AvgIpc) is 2.32. The van der Waals surface area contributed by atoms with Crippen LogP contribution in [0.3, 0.4) is 0 Å². The minimum atomic E-state index is 0.237. The SMILES string of the molecule is CC(C)(C)c1[c]cccc1.[c]1ccccc1. The lowest BCUT2D eigenvalue weighted by Gasteiger charge is -2.17. The Bertz CT molecular complexity index is 341. The fraction of sp³-hybridized carbons (Fsp3) is 0.250. The topological polar surface area (TPSA) is 0 Å². The minimum absolute atomic E-state index is 0.237. The van der Waals surface area contributed by atoms with E-state index in [1.54, 1.807) is 0 Å². The predicted molar refractivity (Wildman–Crippen MR) is 69.3 cm³/mol. The minimum Gasteiger partial charge on any atom is -0.0622 e. The monoisotopic (exact) mass is 210 g/mol. The van der Waals surface area contributed by atoms with Crippen molar-refractivity contribution >= 4 is 0 Å². The molecule has 0 heterocycles. The van der Waals surface area contributed by atoms with E-state index >= 15 is 0 Å². The van der Waals surface area contributed by atoms with Crippen LogP contribution in [0, 0.1) is 12.1 Å². The Balaban J connectivity index is 0.000000181. The van der Waals surface area contributed by atoms with E-state index < -0.39 is 0 Å². The van der Waals surface area contributed by atoms with Crippen LogP contribution in [-0.4, -0.2) is 0 Å². The van der Waals surface area contributed by atoms with Crippen LogP contribution in [-0.2, 0) is 5.41 Å². The molecule has 0 aromatic heterocycles. The molecule has 0 unspecified atom stereocenters. The molecule has 0 aliphatic carbocycles. The molecule has 0 aliphatic rings. The van der Waals surface area contributed by atoms with Gasteiger partial charge in [-0.15, -0.1) is 0 Å². The molecule has 0 saturated carbocycles. The first-order valence-corrected chi connectivity index (χ1v) is 5.49. The molecule has 82 valence electrons. The highest BCUT2D eigenvalue weighted by atomic mass is 14.2. The number of hydrogen-bond acceptors (Lipinski definition) is 0. The second-order valence-electron chi connectivity index (χ2n) is 4.60. The average molecular weight is 210 g/mol. The highest BCUT2D eigenvalue weighted by Gasteiger charge is 2.11. The van der Waals surface area contributed by atoms with Crippen molar-refractivity contribution in [3.8, 4) is 0 Å². The maximum atomic E-state index is 3.21. The zero-order valence-corrected chi connectivity index (χ0v) is 10.2. The fourth-order valence-corrected chi connectivity index (χ4v) is 1.20. The molecule has 0 saturated heterocycles. The van der Waals surface area contributed by atoms with Crippen LogP contribution in [0.1, 0.15) is 26.3 Å². The quantitative estimate of drug-likeness (QED) is 0.609. The smallest absolute Gasteiger partial charge is 0.0126 e. The molecule has 0 spiro atoms. The fourth-order valence-electron chi connectivity index (χ4n) is 1.20. The maximum absolute atomic E-state index is 3.21. The van der Waals surface area contributed by atoms with E-state index in [-0.39, 0.29) is 5.41 Å². The van der Waals surface area contributed by atoms with Crippen LogP contribution < -0.4 is 0 Å². The summed E-state index contributed by atoms with van der Waals surface area (Å²) in [5.74, 6) is 0. The van der Waals surface area contributed by atoms with Crippen molar-refractivity contribution in [2.45, 2.75) is 26.2 Å². The summed E-state index contributed by atoms with van der Waals surface area (Å²) in [5, 5.41) is 0. The molecule has 0 bridgehead atoms. The second kappa shape index (κ2) is 6.12. The summed E-state index contributed by atoms with van der Waals surface area (Å²) in [6, 6.07) is 23.8. The lowest BCUT2D eigenvalue weighted by Crippen LogP contribution is -2.10. The Morgan fingerprint density at radius 2 is 1.44 bits per heavy atom. The molecule has 0 amide bonds. The molecule has 0 N–H and O–H groups in total. The van der Waals surface area contributed by atoms with Gasteiger partial charge in [0.2, 0.25) is 0 Å². The number of rotatable bonds is 0. The molecule has 16 heavy (non-hydrogen) atoms. The van der Waals surface area contributed by atoms with E-state index in [2.05, 4.69) is 45.0 Å². The zero-order chi connectivity index (χ0) is 11.9. The third-order valence-corrected chi connectivity index (χ3v) is 2.12. The Kier molecular flexibility index (Phi) is 4.78. The summed E-state index contributed by atoms with van der Waals surface area (Å²) in [7, 11) is 0. The van der Waals surface area contributed by atoms with Gasteiger partial charge in [-0.05, 0) is 23.1 Å². The molecule has 0 nitrogen and oxygen atoms in total. The summed E-state index contributed by atoms with van der Waals surface area (Å²) < 4.78 is 0. The summed E-state index contributed by atoms with van der Waals surface area (Å²) in [6.45, 7) is 6.58. The summed E-state index contributed by atoms with van der Waals surface area (Å²) >= 11 is 0. The Morgan fingerprint density at radius 3 is 1.69 bits per heavy atom. The first-order valence-electron chi connectivity index (χ1n) is 5.49. The van der Waals surface area contributed by atoms with Gasteiger partial charge in [0.05, 0.1) is 0 Å². The Labute approximate surface area is 99.0 Å². The molecule has 0 heteroatoms. The third-order valence-electron chi connectivity index (χ3n) is 2.12. The van der Waals surface area contributed by atoms with Crippen molar-refractivity contribution in [1.82, 2.24) is 0 Å². The van der Waals surface area contributed by atoms with E-state index in [1.165, 1.54) is 5.56 Å². The van der Waals surface area contributed by atoms with Gasteiger partial charge in [0.15, 0.2) is 0 Å². The van der Waals surface area contributed by atoms with Crippen LogP contribution in [0.4, 0.5) is 0 Å². The van der Waals surface area contributed by atoms with Crippen molar-refractivity contribution in [2.24, 2.45) is 0 Å². The van der Waals surface area contributed by atoms with Crippen LogP contribution in [0.25, 0.3) is 0 Å². The Hall–Kier alpha value is -1.56. The van der Waals surface area contributed by atoms with Crippen LogP contribution >= 0.6 is 0 Å². The molecule has 0 atom stereocenters. The van der Waals surface area contributed by atoms with Gasteiger partial charge in [0, 0.05) is 0 Å². The largest absolute Gasteiger partial charge is 0.0622 e. The lowest BCUT2D eigenvalue weighted by atomic mass is 9.87. The van der Waals surface area contributed by atoms with Gasteiger partial charge in [0.25, 0.3) is 0 Å². The van der Waals surface area contributed by atoms with Gasteiger partial charge in [-0.3, -0.25) is 0 Å². The normalized spacial score (nSPS) is 10.2. The molecular weight excluding hydrogens is 192 g/mol. The van der Waals surface area contributed by atoms with Gasteiger partial charge in [-0.1, -0.05) is 75.4 Å². The molecule has 2 aromatic carbocycles. The van der Waals surface area contributed by atoms with Gasteiger partial charge >= 0.3 is 0 Å². The second-order valence-corrected chi connectivity index (χ2v) is 4.60. The first kappa shape index (κ1) is 12.5. The number of benzene rings is 2. The van der Waals surface area contributed by atoms with E-state index in [4.69, 9.17) is 0 Å². The van der Waals surface area contributed by atoms with Gasteiger partial charge in [0.1, 0.15) is 0 Å². The van der Waals surface area contributed by atoms with E-state index in [0.29, 0.717) is 0 Å². The van der Waals surface area contributed by atoms with Crippen LogP contribution in [0.5, 0.6) is 0 Å². The lowest BCUT2D eigenvalue weighted by molar-refractivity contribution is 0.589. The van der Waals surface area contributed by atoms with E-state index in [1.807, 2.05) is 42.5 Å². The molecule has 0 fully saturated rings. The van der Waals surface area contributed by atoms with E-state index in [0.717, 1.165) is 0 Å². The highest BCUT2D eigenvalue weighted by Crippen LogP contribution is 2.20. The van der Waals surface area contributed by atoms with Crippen LogP contribution in [0.15, 0.2) is 54.6 Å². The van der Waals surface area contributed by atoms with Crippen molar-refractivity contribution in [3.05, 3.63) is 72.3 Å². The molecule has 2 rings (SSSR count). The maximum Gasteiger partial charge on any atom is -0.0126 e. The molecular formula is C16H18. The summed E-state index contributed by atoms with van der Waals surface area (Å²) in [4.78, 5) is 0. The standard InChI is InChI=1S/C10H13.C6H5/c1-10(2,3)9-7-5-4-6-8-9;1-2-4-6-5-3-1/h4-7H,1-3H3;1-5H. The van der Waals surface area contributed by atoms with Crippen molar-refractivity contribution in [3.63, 3.8) is 0 Å². The summed E-state index contributed by atoms with van der Waals surface area (Å²) in [5.41, 5.74) is 1.51. The van der Waals surface area contributed by atoms with Crippen LogP contribution in [0.2, 0.25) is 0 Å². The Morgan fingerprint density at radius 1 is 0.812 bits per heavy atom. The zero-order valence-electron chi connectivity index (χ0n) is 10.2. The van der Waals surface area contributed by atoms with E-state index in [9.17, 15) is 0 Å². The van der Waals surface area contributed by atoms with Gasteiger partial charge in [-0.25, -0.2) is 0 Å². The first-order chi connectivity index (χ1) is 7.61. The van der Waals surface area contributed by atoms with Crippen molar-refractivity contribution in [1.29, 1.82) is 0 Å². The molecule has 0 aliphatic heterocycles. The summed E-state index contributed by atoms with van der Waals surface area (Å²) in [6.07, 6.45) is 0. The number of hydrogen-bond donors (Lipinski definition) is 0. The van der Waals surface area contributed by atoms with Gasteiger partial charge < -0.3 is 0 Å². The third kappa shape index (κ3) is 4.79. The van der Waals surface area contributed by atoms with Crippen molar-refractivity contribution in [2.75, 3.05) is 0 Å². The molecule has 2 radical (unpaired) electrons. The van der Waals surface area contributed by atoms with Gasteiger partial charge in [-0.2, -0.15) is 0 Å². The van der Waals surface area contributed by atoms with Crippen molar-refractivity contribution < 1.29 is 0 Å². The highest BCUT2D eigenvalue weighted by molar-refractivity contribution is 5.20.